The molecule has 0 radical (unpaired) electrons. The Morgan fingerprint density at radius 3 is 2.75 bits per heavy atom. The molecule has 2 aromatic heterocycles. The number of carbonyl (C=O) groups is 2. The number of thioether (sulfide) groups is 1. The van der Waals surface area contributed by atoms with Gasteiger partial charge in [0.25, 0.3) is 0 Å². The van der Waals surface area contributed by atoms with Crippen LogP contribution in [0.15, 0.2) is 36.0 Å². The number of nitrogens with zero attached hydrogens (tertiary/aromatic N) is 3. The van der Waals surface area contributed by atoms with Crippen molar-refractivity contribution >= 4 is 63.2 Å². The van der Waals surface area contributed by atoms with Crippen molar-refractivity contribution in [2.24, 2.45) is 0 Å². The number of nitrogens with one attached hydrogen (secondary N) is 1. The minimum Gasteiger partial charge on any atom is -0.481 e. The quantitative estimate of drug-likeness (QED) is 0.163. The number of hydrogen-bond acceptors (Lipinski definition) is 8. The van der Waals surface area contributed by atoms with Gasteiger partial charge in [-0.1, -0.05) is 48.0 Å². The van der Waals surface area contributed by atoms with Gasteiger partial charge in [-0.15, -0.1) is 28.1 Å². The number of carbonyl (C=O) groups excluding carboxylic acids is 2. The van der Waals surface area contributed by atoms with Gasteiger partial charge in [-0.25, -0.2) is 4.79 Å². The normalized spacial score (nSPS) is 11.7. The molecule has 0 fully saturated rings. The minimum atomic E-state index is -0.499. The third kappa shape index (κ3) is 6.42. The van der Waals surface area contributed by atoms with E-state index < -0.39 is 12.1 Å². The largest absolute Gasteiger partial charge is 0.481 e. The van der Waals surface area contributed by atoms with Crippen molar-refractivity contribution < 1.29 is 19.1 Å². The zero-order valence-corrected chi connectivity index (χ0v) is 23.4. The van der Waals surface area contributed by atoms with E-state index in [0.717, 1.165) is 10.4 Å². The monoisotopic (exact) mass is 568 g/mol. The highest BCUT2D eigenvalue weighted by Gasteiger charge is 2.24. The highest BCUT2D eigenvalue weighted by Crippen LogP contribution is 2.35. The maximum Gasteiger partial charge on any atom is 0.341 e. The molecule has 0 saturated carbocycles. The fourth-order valence-electron chi connectivity index (χ4n) is 3.52. The summed E-state index contributed by atoms with van der Waals surface area (Å²) in [6, 6.07) is 4.97. The lowest BCUT2D eigenvalue weighted by Gasteiger charge is -2.16. The van der Waals surface area contributed by atoms with Crippen LogP contribution >= 0.6 is 46.3 Å². The summed E-state index contributed by atoms with van der Waals surface area (Å²) in [6.45, 7) is 9.91. The van der Waals surface area contributed by atoms with Crippen molar-refractivity contribution in [2.45, 2.75) is 45.0 Å². The lowest BCUT2D eigenvalue weighted by molar-refractivity contribution is -0.113. The molecule has 0 aliphatic rings. The minimum absolute atomic E-state index is 0.0592. The van der Waals surface area contributed by atoms with Crippen molar-refractivity contribution in [1.29, 1.82) is 0 Å². The van der Waals surface area contributed by atoms with Gasteiger partial charge < -0.3 is 14.8 Å². The molecule has 0 aliphatic carbocycles. The molecule has 36 heavy (non-hydrogen) atoms. The van der Waals surface area contributed by atoms with Gasteiger partial charge in [-0.05, 0) is 38.0 Å². The van der Waals surface area contributed by atoms with Crippen LogP contribution in [-0.2, 0) is 22.5 Å². The molecule has 1 atom stereocenters. The molecule has 2 heterocycles. The Balaban J connectivity index is 1.74. The molecule has 1 amide bonds. The van der Waals surface area contributed by atoms with E-state index >= 15 is 0 Å². The van der Waals surface area contributed by atoms with E-state index in [2.05, 4.69) is 22.1 Å². The Hall–Kier alpha value is -2.53. The van der Waals surface area contributed by atoms with Crippen LogP contribution in [0.4, 0.5) is 5.00 Å². The van der Waals surface area contributed by atoms with Crippen molar-refractivity contribution in [3.05, 3.63) is 62.7 Å². The van der Waals surface area contributed by atoms with E-state index in [-0.39, 0.29) is 11.7 Å². The highest BCUT2D eigenvalue weighted by molar-refractivity contribution is 7.99. The lowest BCUT2D eigenvalue weighted by atomic mass is 10.1. The maximum atomic E-state index is 12.8. The standard InChI is InChI=1S/C24H26Cl2N4O4S2/c1-6-10-30-21(13(3)34-18-11-15(25)8-9-17(18)26)28-29-24(30)35-12-19(31)27-22-20(23(32)33-5)16(7-2)14(4)36-22/h6,8-9,11,13H,1,7,10,12H2,2-5H3,(H,27,31). The van der Waals surface area contributed by atoms with Gasteiger partial charge in [0.05, 0.1) is 23.4 Å². The number of esters is 1. The number of allylic oxidation sites excluding steroid dienone is 1. The van der Waals surface area contributed by atoms with Gasteiger partial charge in [-0.3, -0.25) is 9.36 Å². The van der Waals surface area contributed by atoms with E-state index in [4.69, 9.17) is 32.7 Å². The second kappa shape index (κ2) is 12.6. The Morgan fingerprint density at radius 2 is 2.08 bits per heavy atom. The van der Waals surface area contributed by atoms with Crippen LogP contribution in [0.2, 0.25) is 10.0 Å². The van der Waals surface area contributed by atoms with Crippen LogP contribution < -0.4 is 10.1 Å². The topological polar surface area (TPSA) is 95.3 Å². The van der Waals surface area contributed by atoms with E-state index in [0.29, 0.717) is 50.3 Å². The molecule has 12 heteroatoms. The number of amides is 1. The number of halogens is 2. The molecule has 1 unspecified atom stereocenters. The van der Waals surface area contributed by atoms with Gasteiger partial charge in [0.15, 0.2) is 17.1 Å². The first-order valence-corrected chi connectivity index (χ1v) is 13.5. The van der Waals surface area contributed by atoms with Crippen LogP contribution in [-0.4, -0.2) is 39.5 Å². The van der Waals surface area contributed by atoms with Crippen LogP contribution in [0.5, 0.6) is 5.75 Å². The van der Waals surface area contributed by atoms with Gasteiger partial charge in [-0.2, -0.15) is 0 Å². The summed E-state index contributed by atoms with van der Waals surface area (Å²) in [6.07, 6.45) is 1.87. The fourth-order valence-corrected chi connectivity index (χ4v) is 5.75. The number of aromatic nitrogens is 3. The van der Waals surface area contributed by atoms with Crippen molar-refractivity contribution in [3.63, 3.8) is 0 Å². The third-order valence-corrected chi connectivity index (χ3v) is 7.73. The molecular weight excluding hydrogens is 543 g/mol. The van der Waals surface area contributed by atoms with E-state index in [1.165, 1.54) is 30.2 Å². The summed E-state index contributed by atoms with van der Waals surface area (Å²) in [5.41, 5.74) is 1.28. The first-order valence-electron chi connectivity index (χ1n) is 11.0. The number of benzene rings is 1. The van der Waals surface area contributed by atoms with E-state index in [1.54, 1.807) is 24.3 Å². The summed E-state index contributed by atoms with van der Waals surface area (Å²) in [7, 11) is 1.32. The second-order valence-electron chi connectivity index (χ2n) is 7.60. The average Bonchev–Trinajstić information content (AvgIpc) is 3.39. The fraction of sp³-hybridized carbons (Fsp3) is 0.333. The number of rotatable bonds is 11. The van der Waals surface area contributed by atoms with Crippen LogP contribution in [0.25, 0.3) is 0 Å². The number of aryl methyl sites for hydroxylation is 1. The molecule has 3 rings (SSSR count). The van der Waals surface area contributed by atoms with Gasteiger partial charge in [0.2, 0.25) is 5.91 Å². The molecule has 1 aromatic carbocycles. The number of methoxy groups -OCH3 is 1. The van der Waals surface area contributed by atoms with E-state index in [9.17, 15) is 9.59 Å². The molecule has 0 spiro atoms. The summed E-state index contributed by atoms with van der Waals surface area (Å²) < 4.78 is 12.7. The first kappa shape index (κ1) is 28.0. The summed E-state index contributed by atoms with van der Waals surface area (Å²) >= 11 is 14.9. The summed E-state index contributed by atoms with van der Waals surface area (Å²) in [5.74, 6) is 0.284. The number of anilines is 1. The van der Waals surface area contributed by atoms with Crippen LogP contribution in [0.1, 0.15) is 46.6 Å². The molecule has 0 aliphatic heterocycles. The SMILES string of the molecule is C=CCn1c(SCC(=O)Nc2sc(C)c(CC)c2C(=O)OC)nnc1C(C)Oc1cc(Cl)ccc1Cl. The second-order valence-corrected chi connectivity index (χ2v) is 10.6. The Morgan fingerprint density at radius 1 is 1.33 bits per heavy atom. The van der Waals surface area contributed by atoms with E-state index in [1.807, 2.05) is 25.3 Å². The van der Waals surface area contributed by atoms with Crippen molar-refractivity contribution in [1.82, 2.24) is 14.8 Å². The smallest absolute Gasteiger partial charge is 0.341 e. The molecule has 8 nitrogen and oxygen atoms in total. The zero-order valence-electron chi connectivity index (χ0n) is 20.3. The third-order valence-electron chi connectivity index (χ3n) is 5.16. The highest BCUT2D eigenvalue weighted by atomic mass is 35.5. The predicted molar refractivity (Wildman–Crippen MR) is 145 cm³/mol. The molecule has 0 bridgehead atoms. The van der Waals surface area contributed by atoms with Crippen LogP contribution in [0.3, 0.4) is 0 Å². The number of ether oxygens (including phenoxy) is 2. The first-order chi connectivity index (χ1) is 17.2. The molecular formula is C24H26Cl2N4O4S2. The number of hydrogen-bond donors (Lipinski definition) is 1. The molecule has 1 N–H and O–H groups in total. The predicted octanol–water partition coefficient (Wildman–Crippen LogP) is 6.36. The van der Waals surface area contributed by atoms with Gasteiger partial charge >= 0.3 is 5.97 Å². The molecule has 192 valence electrons. The van der Waals surface area contributed by atoms with Gasteiger partial charge in [0, 0.05) is 22.5 Å². The zero-order chi connectivity index (χ0) is 26.4. The molecule has 0 saturated heterocycles. The van der Waals surface area contributed by atoms with Crippen molar-refractivity contribution in [2.75, 3.05) is 18.2 Å². The Kier molecular flexibility index (Phi) is 9.84. The summed E-state index contributed by atoms with van der Waals surface area (Å²) in [4.78, 5) is 26.0. The summed E-state index contributed by atoms with van der Waals surface area (Å²) in [5, 5.41) is 13.3. The molecule has 3 aromatic rings. The average molecular weight is 570 g/mol. The van der Waals surface area contributed by atoms with Gasteiger partial charge in [0.1, 0.15) is 10.8 Å². The Labute approximate surface area is 228 Å². The Bertz CT molecular complexity index is 1280. The number of thiophene rings is 1. The van der Waals surface area contributed by atoms with Crippen LogP contribution in [0, 0.1) is 6.92 Å². The lowest BCUT2D eigenvalue weighted by Crippen LogP contribution is -2.17. The van der Waals surface area contributed by atoms with Crippen molar-refractivity contribution in [3.8, 4) is 5.75 Å². The maximum absolute atomic E-state index is 12.8.